The molecule has 0 spiro atoms. The van der Waals surface area contributed by atoms with Crippen molar-refractivity contribution < 1.29 is 4.39 Å². The maximum absolute atomic E-state index is 12.2. The Balaban J connectivity index is 3.02. The molecule has 0 N–H and O–H groups in total. The van der Waals surface area contributed by atoms with Crippen LogP contribution in [0.25, 0.3) is 0 Å². The van der Waals surface area contributed by atoms with Gasteiger partial charge < -0.3 is 0 Å². The molecule has 0 saturated heterocycles. The third-order valence-electron chi connectivity index (χ3n) is 1.89. The summed E-state index contributed by atoms with van der Waals surface area (Å²) in [7, 11) is 0. The zero-order chi connectivity index (χ0) is 9.14. The highest BCUT2D eigenvalue weighted by Gasteiger charge is 2.03. The van der Waals surface area contributed by atoms with Gasteiger partial charge in [0.25, 0.3) is 0 Å². The minimum absolute atomic E-state index is 0.441. The van der Waals surface area contributed by atoms with Crippen LogP contribution in [0.3, 0.4) is 0 Å². The molecule has 0 aliphatic heterocycles. The number of hydrogen-bond donors (Lipinski definition) is 0. The van der Waals surface area contributed by atoms with Crippen LogP contribution in [0.15, 0.2) is 18.2 Å². The molecule has 1 rings (SSSR count). The monoisotopic (exact) mass is 186 g/mol. The number of halogens is 2. The summed E-state index contributed by atoms with van der Waals surface area (Å²) in [5.41, 5.74) is 1.72. The van der Waals surface area contributed by atoms with Crippen molar-refractivity contribution in [3.8, 4) is 0 Å². The molecule has 1 aromatic rings. The molecule has 0 nitrogen and oxygen atoms in total. The van der Waals surface area contributed by atoms with Crippen LogP contribution in [0.4, 0.5) is 4.39 Å². The van der Waals surface area contributed by atoms with Gasteiger partial charge in [-0.05, 0) is 17.5 Å². The van der Waals surface area contributed by atoms with E-state index < -0.39 is 6.67 Å². The van der Waals surface area contributed by atoms with Crippen molar-refractivity contribution >= 4 is 11.6 Å². The molecule has 1 aromatic carbocycles. The topological polar surface area (TPSA) is 0 Å². The van der Waals surface area contributed by atoms with Gasteiger partial charge in [-0.15, -0.1) is 0 Å². The van der Waals surface area contributed by atoms with Crippen LogP contribution in [0.2, 0.25) is 5.02 Å². The first kappa shape index (κ1) is 9.53. The van der Waals surface area contributed by atoms with Crippen molar-refractivity contribution in [1.82, 2.24) is 0 Å². The van der Waals surface area contributed by atoms with E-state index in [0.29, 0.717) is 16.5 Å². The summed E-state index contributed by atoms with van der Waals surface area (Å²) in [5.74, 6) is 0.441. The second-order valence-corrected chi connectivity index (χ2v) is 3.55. The van der Waals surface area contributed by atoms with Crippen LogP contribution in [-0.2, 0) is 6.67 Å². The van der Waals surface area contributed by atoms with Gasteiger partial charge in [-0.25, -0.2) is 4.39 Å². The Bertz CT molecular complexity index is 269. The van der Waals surface area contributed by atoms with Gasteiger partial charge in [-0.1, -0.05) is 37.6 Å². The third-order valence-corrected chi connectivity index (χ3v) is 2.24. The third kappa shape index (κ3) is 1.98. The predicted octanol–water partition coefficient (Wildman–Crippen LogP) is 3.93. The lowest BCUT2D eigenvalue weighted by Gasteiger charge is -2.06. The SMILES string of the molecule is CC(C)c1ccc(CF)c(Cl)c1. The van der Waals surface area contributed by atoms with Crippen molar-refractivity contribution in [3.05, 3.63) is 34.3 Å². The van der Waals surface area contributed by atoms with Gasteiger partial charge in [0.1, 0.15) is 6.67 Å². The average Bonchev–Trinajstić information content (AvgIpc) is 2.04. The van der Waals surface area contributed by atoms with Gasteiger partial charge in [-0.2, -0.15) is 0 Å². The van der Waals surface area contributed by atoms with Crippen molar-refractivity contribution in [2.24, 2.45) is 0 Å². The van der Waals surface area contributed by atoms with E-state index in [1.54, 1.807) is 6.07 Å². The molecular weight excluding hydrogens is 175 g/mol. The molecule has 0 atom stereocenters. The Morgan fingerprint density at radius 3 is 2.50 bits per heavy atom. The Kier molecular flexibility index (Phi) is 3.10. The van der Waals surface area contributed by atoms with Crippen LogP contribution in [0.1, 0.15) is 30.9 Å². The van der Waals surface area contributed by atoms with Crippen LogP contribution < -0.4 is 0 Å². The van der Waals surface area contributed by atoms with Crippen molar-refractivity contribution in [2.75, 3.05) is 0 Å². The van der Waals surface area contributed by atoms with E-state index in [2.05, 4.69) is 13.8 Å². The van der Waals surface area contributed by atoms with Gasteiger partial charge >= 0.3 is 0 Å². The smallest absolute Gasteiger partial charge is 0.116 e. The molecule has 2 heteroatoms. The molecule has 12 heavy (non-hydrogen) atoms. The molecule has 0 unspecified atom stereocenters. The van der Waals surface area contributed by atoms with E-state index in [9.17, 15) is 4.39 Å². The lowest BCUT2D eigenvalue weighted by atomic mass is 10.0. The molecule has 0 fully saturated rings. The van der Waals surface area contributed by atoms with Crippen molar-refractivity contribution in [1.29, 1.82) is 0 Å². The fraction of sp³-hybridized carbons (Fsp3) is 0.400. The van der Waals surface area contributed by atoms with Gasteiger partial charge in [0.15, 0.2) is 0 Å². The molecule has 0 aliphatic rings. The summed E-state index contributed by atoms with van der Waals surface area (Å²) in [5, 5.41) is 0.531. The Hall–Kier alpha value is -0.560. The molecular formula is C10H12ClF. The quantitative estimate of drug-likeness (QED) is 0.657. The highest BCUT2D eigenvalue weighted by Crippen LogP contribution is 2.23. The van der Waals surface area contributed by atoms with Crippen LogP contribution >= 0.6 is 11.6 Å². The molecule has 0 aliphatic carbocycles. The number of rotatable bonds is 2. The molecule has 0 radical (unpaired) electrons. The van der Waals surface area contributed by atoms with E-state index in [4.69, 9.17) is 11.6 Å². The first-order valence-corrected chi connectivity index (χ1v) is 4.37. The Morgan fingerprint density at radius 1 is 1.42 bits per heavy atom. The second kappa shape index (κ2) is 3.90. The number of hydrogen-bond acceptors (Lipinski definition) is 0. The fourth-order valence-corrected chi connectivity index (χ4v) is 1.27. The summed E-state index contributed by atoms with van der Waals surface area (Å²) < 4.78 is 12.2. The molecule has 0 aromatic heterocycles. The summed E-state index contributed by atoms with van der Waals surface area (Å²) in [4.78, 5) is 0. The largest absolute Gasteiger partial charge is 0.246 e. The predicted molar refractivity (Wildman–Crippen MR) is 50.4 cm³/mol. The van der Waals surface area contributed by atoms with Gasteiger partial charge in [0.05, 0.1) is 0 Å². The lowest BCUT2D eigenvalue weighted by molar-refractivity contribution is 0.485. The highest BCUT2D eigenvalue weighted by molar-refractivity contribution is 6.31. The van der Waals surface area contributed by atoms with E-state index in [0.717, 1.165) is 5.56 Å². The van der Waals surface area contributed by atoms with Crippen LogP contribution in [0, 0.1) is 0 Å². The van der Waals surface area contributed by atoms with Gasteiger partial charge in [-0.3, -0.25) is 0 Å². The molecule has 0 bridgehead atoms. The first-order valence-electron chi connectivity index (χ1n) is 3.99. The normalized spacial score (nSPS) is 10.8. The molecule has 0 amide bonds. The first-order chi connectivity index (χ1) is 5.65. The summed E-state index contributed by atoms with van der Waals surface area (Å²) in [6, 6.07) is 5.50. The Morgan fingerprint density at radius 2 is 2.08 bits per heavy atom. The number of alkyl halides is 1. The summed E-state index contributed by atoms with van der Waals surface area (Å²) in [6.45, 7) is 3.68. The van der Waals surface area contributed by atoms with Crippen molar-refractivity contribution in [3.63, 3.8) is 0 Å². The fourth-order valence-electron chi connectivity index (χ4n) is 1.03. The molecule has 66 valence electrons. The van der Waals surface area contributed by atoms with E-state index >= 15 is 0 Å². The maximum Gasteiger partial charge on any atom is 0.116 e. The van der Waals surface area contributed by atoms with Gasteiger partial charge in [0.2, 0.25) is 0 Å². The minimum Gasteiger partial charge on any atom is -0.246 e. The molecule has 0 saturated carbocycles. The average molecular weight is 187 g/mol. The lowest BCUT2D eigenvalue weighted by Crippen LogP contribution is -1.89. The minimum atomic E-state index is -0.489. The second-order valence-electron chi connectivity index (χ2n) is 3.14. The maximum atomic E-state index is 12.2. The summed E-state index contributed by atoms with van der Waals surface area (Å²) in [6.07, 6.45) is 0. The Labute approximate surface area is 77.4 Å². The van der Waals surface area contributed by atoms with Crippen molar-refractivity contribution in [2.45, 2.75) is 26.4 Å². The molecule has 0 heterocycles. The van der Waals surface area contributed by atoms with Gasteiger partial charge in [0, 0.05) is 10.6 Å². The summed E-state index contributed by atoms with van der Waals surface area (Å²) >= 11 is 5.83. The zero-order valence-electron chi connectivity index (χ0n) is 7.27. The van der Waals surface area contributed by atoms with E-state index in [1.807, 2.05) is 12.1 Å². The van der Waals surface area contributed by atoms with E-state index in [1.165, 1.54) is 0 Å². The van der Waals surface area contributed by atoms with E-state index in [-0.39, 0.29) is 0 Å². The highest BCUT2D eigenvalue weighted by atomic mass is 35.5. The van der Waals surface area contributed by atoms with Crippen LogP contribution in [-0.4, -0.2) is 0 Å². The number of benzene rings is 1. The van der Waals surface area contributed by atoms with Crippen LogP contribution in [0.5, 0.6) is 0 Å². The zero-order valence-corrected chi connectivity index (χ0v) is 8.03. The standard InChI is InChI=1S/C10H12ClF/c1-7(2)8-3-4-9(6-12)10(11)5-8/h3-5,7H,6H2,1-2H3.